The molecule has 98 valence electrons. The molecule has 0 spiro atoms. The largest absolute Gasteiger partial charge is 0.383 e. The fourth-order valence-corrected chi connectivity index (χ4v) is 2.96. The number of nitrogens with zero attached hydrogens (tertiary/aromatic N) is 1. The number of rotatable bonds is 5. The summed E-state index contributed by atoms with van der Waals surface area (Å²) in [4.78, 5) is 4.60. The average molecular weight is 329 g/mol. The summed E-state index contributed by atoms with van der Waals surface area (Å²) in [6.07, 6.45) is 0. The van der Waals surface area contributed by atoms with Gasteiger partial charge in [-0.05, 0) is 24.1 Å². The minimum absolute atomic E-state index is 0.291. The Kier molecular flexibility index (Phi) is 4.59. The maximum absolute atomic E-state index is 5.24. The van der Waals surface area contributed by atoms with Gasteiger partial charge in [-0.3, -0.25) is 0 Å². The van der Waals surface area contributed by atoms with Crippen LogP contribution >= 0.6 is 27.3 Å². The molecule has 0 aliphatic carbocycles. The molecule has 5 heteroatoms. The molecule has 1 unspecified atom stereocenters. The summed E-state index contributed by atoms with van der Waals surface area (Å²) >= 11 is 5.14. The molecule has 0 aliphatic rings. The van der Waals surface area contributed by atoms with Gasteiger partial charge in [0.2, 0.25) is 0 Å². The van der Waals surface area contributed by atoms with E-state index in [2.05, 4.69) is 46.1 Å². The second-order valence-electron chi connectivity index (χ2n) is 4.58. The first-order chi connectivity index (χ1) is 8.60. The Morgan fingerprint density at radius 1 is 1.44 bits per heavy atom. The summed E-state index contributed by atoms with van der Waals surface area (Å²) in [6, 6.07) is 6.46. The molecule has 2 aromatic rings. The first-order valence-electron chi connectivity index (χ1n) is 5.91. The van der Waals surface area contributed by atoms with Crippen LogP contribution in [-0.2, 0) is 4.74 Å². The fraction of sp³-hybridized carbons (Fsp3) is 0.462. The maximum Gasteiger partial charge on any atom is 0.184 e. The first kappa shape index (κ1) is 13.8. The highest BCUT2D eigenvalue weighted by atomic mass is 79.9. The van der Waals surface area contributed by atoms with Crippen LogP contribution < -0.4 is 5.32 Å². The van der Waals surface area contributed by atoms with Crippen molar-refractivity contribution in [2.24, 2.45) is 5.92 Å². The van der Waals surface area contributed by atoms with Gasteiger partial charge in [0.1, 0.15) is 0 Å². The molecule has 1 aromatic heterocycles. The third kappa shape index (κ3) is 3.22. The van der Waals surface area contributed by atoms with E-state index in [0.717, 1.165) is 15.1 Å². The number of methoxy groups -OCH3 is 1. The lowest BCUT2D eigenvalue weighted by Crippen LogP contribution is -2.30. The van der Waals surface area contributed by atoms with Crippen LogP contribution in [0, 0.1) is 5.92 Å². The fourth-order valence-electron chi connectivity index (χ4n) is 1.70. The summed E-state index contributed by atoms with van der Waals surface area (Å²) in [6.45, 7) is 5.05. The zero-order valence-electron chi connectivity index (χ0n) is 10.7. The van der Waals surface area contributed by atoms with Gasteiger partial charge in [-0.25, -0.2) is 4.98 Å². The first-order valence-corrected chi connectivity index (χ1v) is 7.52. The Morgan fingerprint density at radius 3 is 2.89 bits per heavy atom. The molecular weight excluding hydrogens is 312 g/mol. The topological polar surface area (TPSA) is 34.1 Å². The van der Waals surface area contributed by atoms with Gasteiger partial charge in [-0.2, -0.15) is 0 Å². The number of halogens is 1. The summed E-state index contributed by atoms with van der Waals surface area (Å²) in [5.74, 6) is 0.503. The van der Waals surface area contributed by atoms with E-state index in [-0.39, 0.29) is 0 Å². The van der Waals surface area contributed by atoms with E-state index in [4.69, 9.17) is 4.74 Å². The number of hydrogen-bond acceptors (Lipinski definition) is 4. The Bertz CT molecular complexity index is 527. The molecule has 1 aromatic carbocycles. The van der Waals surface area contributed by atoms with Crippen molar-refractivity contribution in [3.05, 3.63) is 22.7 Å². The predicted octanol–water partition coefficient (Wildman–Crippen LogP) is 4.14. The molecule has 0 bridgehead atoms. The van der Waals surface area contributed by atoms with Gasteiger partial charge in [0.05, 0.1) is 22.9 Å². The van der Waals surface area contributed by atoms with Gasteiger partial charge in [-0.1, -0.05) is 41.1 Å². The van der Waals surface area contributed by atoms with E-state index < -0.39 is 0 Å². The highest BCUT2D eigenvalue weighted by Crippen LogP contribution is 2.29. The quantitative estimate of drug-likeness (QED) is 0.895. The standard InChI is InChI=1S/C13H17BrN2OS/c1-8(2)11(7-17-3)16-13-15-10-6-9(14)4-5-12(10)18-13/h4-6,8,11H,7H2,1-3H3,(H,15,16). The molecule has 0 radical (unpaired) electrons. The Morgan fingerprint density at radius 2 is 2.22 bits per heavy atom. The third-order valence-corrected chi connectivity index (χ3v) is 4.27. The van der Waals surface area contributed by atoms with Crippen molar-refractivity contribution in [1.29, 1.82) is 0 Å². The minimum Gasteiger partial charge on any atom is -0.383 e. The molecule has 0 fully saturated rings. The highest BCUT2D eigenvalue weighted by Gasteiger charge is 2.15. The highest BCUT2D eigenvalue weighted by molar-refractivity contribution is 9.10. The van der Waals surface area contributed by atoms with Crippen LogP contribution in [0.5, 0.6) is 0 Å². The average Bonchev–Trinajstić information content (AvgIpc) is 2.69. The second kappa shape index (κ2) is 5.99. The summed E-state index contributed by atoms with van der Waals surface area (Å²) in [5.41, 5.74) is 1.02. The van der Waals surface area contributed by atoms with E-state index in [1.54, 1.807) is 18.4 Å². The molecular formula is C13H17BrN2OS. The number of fused-ring (bicyclic) bond motifs is 1. The maximum atomic E-state index is 5.24. The number of ether oxygens (including phenoxy) is 1. The lowest BCUT2D eigenvalue weighted by molar-refractivity contribution is 0.171. The zero-order chi connectivity index (χ0) is 13.1. The Hall–Kier alpha value is -0.650. The van der Waals surface area contributed by atoms with Gasteiger partial charge >= 0.3 is 0 Å². The van der Waals surface area contributed by atoms with Crippen molar-refractivity contribution in [3.63, 3.8) is 0 Å². The van der Waals surface area contributed by atoms with Gasteiger partial charge in [0, 0.05) is 11.6 Å². The van der Waals surface area contributed by atoms with Gasteiger partial charge in [-0.15, -0.1) is 0 Å². The number of benzene rings is 1. The number of thiazole rings is 1. The smallest absolute Gasteiger partial charge is 0.184 e. The second-order valence-corrected chi connectivity index (χ2v) is 6.53. The van der Waals surface area contributed by atoms with Crippen LogP contribution in [0.3, 0.4) is 0 Å². The van der Waals surface area contributed by atoms with Crippen LogP contribution in [0.15, 0.2) is 22.7 Å². The molecule has 0 saturated heterocycles. The number of anilines is 1. The van der Waals surface area contributed by atoms with E-state index in [9.17, 15) is 0 Å². The Balaban J connectivity index is 2.20. The SMILES string of the molecule is COCC(Nc1nc2cc(Br)ccc2s1)C(C)C. The van der Waals surface area contributed by atoms with Crippen LogP contribution in [0.1, 0.15) is 13.8 Å². The molecule has 3 nitrogen and oxygen atoms in total. The summed E-state index contributed by atoms with van der Waals surface area (Å²) in [5, 5.41) is 4.41. The molecule has 1 atom stereocenters. The van der Waals surface area contributed by atoms with Crippen molar-refractivity contribution in [3.8, 4) is 0 Å². The van der Waals surface area contributed by atoms with Crippen molar-refractivity contribution in [1.82, 2.24) is 4.98 Å². The molecule has 0 amide bonds. The molecule has 18 heavy (non-hydrogen) atoms. The molecule has 1 heterocycles. The molecule has 0 saturated carbocycles. The number of aromatic nitrogens is 1. The van der Waals surface area contributed by atoms with Crippen molar-refractivity contribution in [2.45, 2.75) is 19.9 Å². The molecule has 0 aliphatic heterocycles. The normalized spacial score (nSPS) is 13.2. The zero-order valence-corrected chi connectivity index (χ0v) is 13.1. The summed E-state index contributed by atoms with van der Waals surface area (Å²) in [7, 11) is 1.73. The monoisotopic (exact) mass is 328 g/mol. The van der Waals surface area contributed by atoms with E-state index in [1.807, 2.05) is 12.1 Å². The van der Waals surface area contributed by atoms with Gasteiger partial charge in [0.25, 0.3) is 0 Å². The van der Waals surface area contributed by atoms with E-state index in [1.165, 1.54) is 4.70 Å². The number of nitrogens with one attached hydrogen (secondary N) is 1. The number of hydrogen-bond donors (Lipinski definition) is 1. The van der Waals surface area contributed by atoms with Crippen LogP contribution in [0.4, 0.5) is 5.13 Å². The van der Waals surface area contributed by atoms with E-state index in [0.29, 0.717) is 18.6 Å². The van der Waals surface area contributed by atoms with Crippen molar-refractivity contribution >= 4 is 42.6 Å². The van der Waals surface area contributed by atoms with Crippen LogP contribution in [-0.4, -0.2) is 24.7 Å². The van der Waals surface area contributed by atoms with Crippen LogP contribution in [0.25, 0.3) is 10.2 Å². The van der Waals surface area contributed by atoms with Gasteiger partial charge < -0.3 is 10.1 Å². The van der Waals surface area contributed by atoms with Crippen molar-refractivity contribution < 1.29 is 4.74 Å². The van der Waals surface area contributed by atoms with Gasteiger partial charge in [0.15, 0.2) is 5.13 Å². The predicted molar refractivity (Wildman–Crippen MR) is 81.4 cm³/mol. The lowest BCUT2D eigenvalue weighted by Gasteiger charge is -2.20. The lowest BCUT2D eigenvalue weighted by atomic mass is 10.1. The molecule has 2 rings (SSSR count). The van der Waals surface area contributed by atoms with Crippen LogP contribution in [0.2, 0.25) is 0 Å². The van der Waals surface area contributed by atoms with Crippen molar-refractivity contribution in [2.75, 3.05) is 19.0 Å². The summed E-state index contributed by atoms with van der Waals surface area (Å²) < 4.78 is 7.49. The third-order valence-electron chi connectivity index (χ3n) is 2.81. The molecule has 1 N–H and O–H groups in total. The minimum atomic E-state index is 0.291. The van der Waals surface area contributed by atoms with E-state index >= 15 is 0 Å². The Labute approximate surface area is 120 Å².